The Morgan fingerprint density at radius 3 is 2.75 bits per heavy atom. The highest BCUT2D eigenvalue weighted by molar-refractivity contribution is 7.09. The molecule has 1 heterocycles. The highest BCUT2D eigenvalue weighted by Gasteiger charge is 2.12. The van der Waals surface area contributed by atoms with Gasteiger partial charge in [-0.2, -0.15) is 0 Å². The highest BCUT2D eigenvalue weighted by atomic mass is 32.1. The third-order valence-electron chi connectivity index (χ3n) is 3.80. The third kappa shape index (κ3) is 4.00. The molecule has 0 aliphatic heterocycles. The normalized spacial score (nSPS) is 12.1. The first-order chi connectivity index (χ1) is 11.8. The summed E-state index contributed by atoms with van der Waals surface area (Å²) >= 11 is 1.62. The van der Waals surface area contributed by atoms with Crippen LogP contribution in [0, 0.1) is 0 Å². The second-order valence-electron chi connectivity index (χ2n) is 5.39. The molecule has 3 rings (SSSR count). The van der Waals surface area contributed by atoms with Crippen molar-refractivity contribution in [2.45, 2.75) is 12.6 Å². The van der Waals surface area contributed by atoms with Gasteiger partial charge in [0, 0.05) is 17.5 Å². The zero-order valence-corrected chi connectivity index (χ0v) is 14.3. The first-order valence-electron chi connectivity index (χ1n) is 7.78. The predicted molar refractivity (Wildman–Crippen MR) is 97.2 cm³/mol. The quantitative estimate of drug-likeness (QED) is 0.689. The van der Waals surface area contributed by atoms with Crippen molar-refractivity contribution in [3.05, 3.63) is 70.5 Å². The van der Waals surface area contributed by atoms with Gasteiger partial charge in [-0.1, -0.05) is 42.5 Å². The molecule has 1 aromatic heterocycles. The SMILES string of the molecule is COc1cccc(C(CO)NCc2nc(-c3ccccc3)cs2)c1. The van der Waals surface area contributed by atoms with E-state index in [1.807, 2.05) is 42.5 Å². The van der Waals surface area contributed by atoms with E-state index in [1.54, 1.807) is 18.4 Å². The maximum Gasteiger partial charge on any atom is 0.119 e. The van der Waals surface area contributed by atoms with Crippen LogP contribution in [0.3, 0.4) is 0 Å². The summed E-state index contributed by atoms with van der Waals surface area (Å²) in [5, 5.41) is 16.1. The second-order valence-corrected chi connectivity index (χ2v) is 6.33. The Hall–Kier alpha value is -2.21. The lowest BCUT2D eigenvalue weighted by Gasteiger charge is -2.16. The van der Waals surface area contributed by atoms with Crippen molar-refractivity contribution in [1.82, 2.24) is 10.3 Å². The van der Waals surface area contributed by atoms with Gasteiger partial charge in [0.25, 0.3) is 0 Å². The number of hydrogen-bond acceptors (Lipinski definition) is 5. The molecule has 0 amide bonds. The van der Waals surface area contributed by atoms with Gasteiger partial charge in [0.1, 0.15) is 10.8 Å². The molecular weight excluding hydrogens is 320 g/mol. The third-order valence-corrected chi connectivity index (χ3v) is 4.65. The van der Waals surface area contributed by atoms with E-state index < -0.39 is 0 Å². The van der Waals surface area contributed by atoms with Gasteiger partial charge < -0.3 is 15.2 Å². The summed E-state index contributed by atoms with van der Waals surface area (Å²) < 4.78 is 5.24. The van der Waals surface area contributed by atoms with Crippen molar-refractivity contribution < 1.29 is 9.84 Å². The van der Waals surface area contributed by atoms with Gasteiger partial charge in [-0.05, 0) is 17.7 Å². The molecule has 124 valence electrons. The Labute approximate surface area is 145 Å². The molecule has 1 atom stereocenters. The molecule has 4 nitrogen and oxygen atoms in total. The van der Waals surface area contributed by atoms with Gasteiger partial charge >= 0.3 is 0 Å². The number of aliphatic hydroxyl groups is 1. The van der Waals surface area contributed by atoms with Crippen molar-refractivity contribution >= 4 is 11.3 Å². The van der Waals surface area contributed by atoms with E-state index in [0.717, 1.165) is 27.6 Å². The maximum absolute atomic E-state index is 9.68. The van der Waals surface area contributed by atoms with Crippen LogP contribution in [0.4, 0.5) is 0 Å². The van der Waals surface area contributed by atoms with Gasteiger partial charge in [0.05, 0.1) is 25.5 Å². The average molecular weight is 340 g/mol. The van der Waals surface area contributed by atoms with E-state index in [-0.39, 0.29) is 12.6 Å². The lowest BCUT2D eigenvalue weighted by Crippen LogP contribution is -2.23. The van der Waals surface area contributed by atoms with Crippen molar-refractivity contribution in [1.29, 1.82) is 0 Å². The molecule has 24 heavy (non-hydrogen) atoms. The van der Waals surface area contributed by atoms with E-state index >= 15 is 0 Å². The molecule has 0 saturated carbocycles. The molecular formula is C19H20N2O2S. The Bertz CT molecular complexity index is 774. The molecule has 0 spiro atoms. The smallest absolute Gasteiger partial charge is 0.119 e. The summed E-state index contributed by atoms with van der Waals surface area (Å²) in [6.45, 7) is 0.629. The number of nitrogens with one attached hydrogen (secondary N) is 1. The van der Waals surface area contributed by atoms with Gasteiger partial charge in [-0.25, -0.2) is 4.98 Å². The van der Waals surface area contributed by atoms with Gasteiger partial charge in [-0.3, -0.25) is 0 Å². The lowest BCUT2D eigenvalue weighted by atomic mass is 10.1. The molecule has 2 N–H and O–H groups in total. The zero-order valence-electron chi connectivity index (χ0n) is 13.5. The first kappa shape index (κ1) is 16.6. The first-order valence-corrected chi connectivity index (χ1v) is 8.66. The molecule has 0 aliphatic rings. The Kier molecular flexibility index (Phi) is 5.59. The molecule has 1 unspecified atom stereocenters. The lowest BCUT2D eigenvalue weighted by molar-refractivity contribution is 0.243. The summed E-state index contributed by atoms with van der Waals surface area (Å²) in [5.41, 5.74) is 3.10. The number of rotatable bonds is 7. The van der Waals surface area contributed by atoms with Crippen molar-refractivity contribution in [3.8, 4) is 17.0 Å². The molecule has 0 fully saturated rings. The number of methoxy groups -OCH3 is 1. The number of aliphatic hydroxyl groups excluding tert-OH is 1. The average Bonchev–Trinajstić information content (AvgIpc) is 3.12. The Morgan fingerprint density at radius 2 is 2.00 bits per heavy atom. The minimum Gasteiger partial charge on any atom is -0.497 e. The minimum atomic E-state index is -0.149. The van der Waals surface area contributed by atoms with Crippen LogP contribution in [0.1, 0.15) is 16.6 Å². The fourth-order valence-corrected chi connectivity index (χ4v) is 3.24. The monoisotopic (exact) mass is 340 g/mol. The van der Waals surface area contributed by atoms with E-state index in [9.17, 15) is 5.11 Å². The fourth-order valence-electron chi connectivity index (χ4n) is 2.49. The zero-order chi connectivity index (χ0) is 16.8. The number of thiazole rings is 1. The molecule has 0 saturated heterocycles. The van der Waals surface area contributed by atoms with E-state index in [4.69, 9.17) is 4.74 Å². The molecule has 2 aromatic carbocycles. The number of benzene rings is 2. The van der Waals surface area contributed by atoms with Crippen LogP contribution in [0.15, 0.2) is 60.0 Å². The fraction of sp³-hybridized carbons (Fsp3) is 0.211. The summed E-state index contributed by atoms with van der Waals surface area (Å²) in [5.74, 6) is 0.786. The minimum absolute atomic E-state index is 0.0179. The summed E-state index contributed by atoms with van der Waals surface area (Å²) in [7, 11) is 1.64. The van der Waals surface area contributed by atoms with Crippen LogP contribution >= 0.6 is 11.3 Å². The van der Waals surface area contributed by atoms with Crippen LogP contribution in [0.5, 0.6) is 5.75 Å². The second kappa shape index (κ2) is 8.06. The Morgan fingerprint density at radius 1 is 1.17 bits per heavy atom. The standard InChI is InChI=1S/C19H20N2O2S/c1-23-16-9-5-8-15(10-16)17(12-22)20-11-19-21-18(13-24-19)14-6-3-2-4-7-14/h2-10,13,17,20,22H,11-12H2,1H3. The highest BCUT2D eigenvalue weighted by Crippen LogP contribution is 2.23. The molecule has 0 aliphatic carbocycles. The molecule has 3 aromatic rings. The predicted octanol–water partition coefficient (Wildman–Crippen LogP) is 3.64. The molecule has 0 bridgehead atoms. The van der Waals surface area contributed by atoms with E-state index in [1.165, 1.54) is 0 Å². The van der Waals surface area contributed by atoms with Gasteiger partial charge in [-0.15, -0.1) is 11.3 Å². The Balaban J connectivity index is 1.67. The number of nitrogens with zero attached hydrogens (tertiary/aromatic N) is 1. The molecule has 0 radical (unpaired) electrons. The van der Waals surface area contributed by atoms with Crippen LogP contribution in [-0.4, -0.2) is 23.8 Å². The van der Waals surface area contributed by atoms with E-state index in [2.05, 4.69) is 27.8 Å². The van der Waals surface area contributed by atoms with Gasteiger partial charge in [0.2, 0.25) is 0 Å². The topological polar surface area (TPSA) is 54.4 Å². The maximum atomic E-state index is 9.68. The van der Waals surface area contributed by atoms with Crippen LogP contribution < -0.4 is 10.1 Å². The summed E-state index contributed by atoms with van der Waals surface area (Å²) in [4.78, 5) is 4.66. The van der Waals surface area contributed by atoms with Crippen molar-refractivity contribution in [2.75, 3.05) is 13.7 Å². The van der Waals surface area contributed by atoms with Gasteiger partial charge in [0.15, 0.2) is 0 Å². The van der Waals surface area contributed by atoms with Crippen LogP contribution in [0.25, 0.3) is 11.3 Å². The molecule has 5 heteroatoms. The summed E-state index contributed by atoms with van der Waals surface area (Å²) in [6, 6.07) is 17.7. The number of ether oxygens (including phenoxy) is 1. The summed E-state index contributed by atoms with van der Waals surface area (Å²) in [6.07, 6.45) is 0. The number of aromatic nitrogens is 1. The van der Waals surface area contributed by atoms with Crippen LogP contribution in [0.2, 0.25) is 0 Å². The number of hydrogen-bond donors (Lipinski definition) is 2. The van der Waals surface area contributed by atoms with Crippen molar-refractivity contribution in [2.24, 2.45) is 0 Å². The van der Waals surface area contributed by atoms with E-state index in [0.29, 0.717) is 6.54 Å². The largest absolute Gasteiger partial charge is 0.497 e. The van der Waals surface area contributed by atoms with Crippen molar-refractivity contribution in [3.63, 3.8) is 0 Å². The van der Waals surface area contributed by atoms with Crippen LogP contribution in [-0.2, 0) is 6.54 Å².